The highest BCUT2D eigenvalue weighted by molar-refractivity contribution is 5.81. The van der Waals surface area contributed by atoms with Crippen molar-refractivity contribution < 1.29 is 14.7 Å². The third-order valence-corrected chi connectivity index (χ3v) is 3.49. The van der Waals surface area contributed by atoms with Gasteiger partial charge in [0.15, 0.2) is 0 Å². The molecule has 0 aromatic rings. The number of carboxylic acid groups (broad SMARTS) is 1. The Hall–Kier alpha value is -1.10. The Morgan fingerprint density at radius 1 is 1.35 bits per heavy atom. The Morgan fingerprint density at radius 2 is 1.94 bits per heavy atom. The number of nitrogens with two attached hydrogens (primary N) is 1. The van der Waals surface area contributed by atoms with Gasteiger partial charge >= 0.3 is 5.97 Å². The first-order valence-corrected chi connectivity index (χ1v) is 6.20. The molecule has 5 heteroatoms. The van der Waals surface area contributed by atoms with E-state index in [1.807, 2.05) is 0 Å². The third kappa shape index (κ3) is 4.34. The fraction of sp³-hybridized carbons (Fsp3) is 0.833. The lowest BCUT2D eigenvalue weighted by Gasteiger charge is -2.36. The topological polar surface area (TPSA) is 92.4 Å². The largest absolute Gasteiger partial charge is 0.481 e. The molecule has 1 fully saturated rings. The highest BCUT2D eigenvalue weighted by atomic mass is 16.4. The number of carbonyl (C=O) groups is 2. The fourth-order valence-electron chi connectivity index (χ4n) is 2.47. The molecule has 0 radical (unpaired) electrons. The maximum atomic E-state index is 11.4. The van der Waals surface area contributed by atoms with E-state index in [2.05, 4.69) is 5.32 Å². The lowest BCUT2D eigenvalue weighted by Crippen LogP contribution is -2.45. The molecule has 1 aliphatic rings. The number of aliphatic carboxylic acids is 1. The number of amides is 1. The van der Waals surface area contributed by atoms with Crippen LogP contribution in [0.5, 0.6) is 0 Å². The molecular formula is C12H22N2O3. The van der Waals surface area contributed by atoms with Crippen molar-refractivity contribution in [3.8, 4) is 0 Å². The molecule has 98 valence electrons. The van der Waals surface area contributed by atoms with Gasteiger partial charge in [-0.15, -0.1) is 0 Å². The summed E-state index contributed by atoms with van der Waals surface area (Å²) in [6.07, 6.45) is 5.12. The smallest absolute Gasteiger partial charge is 0.303 e. The molecule has 0 spiro atoms. The zero-order chi connectivity index (χ0) is 12.9. The summed E-state index contributed by atoms with van der Waals surface area (Å²) in [6, 6.07) is -0.541. The summed E-state index contributed by atoms with van der Waals surface area (Å²) in [4.78, 5) is 22.3. The summed E-state index contributed by atoms with van der Waals surface area (Å²) < 4.78 is 0. The van der Waals surface area contributed by atoms with E-state index in [1.54, 1.807) is 6.92 Å². The lowest BCUT2D eigenvalue weighted by molar-refractivity contribution is -0.140. The van der Waals surface area contributed by atoms with Crippen molar-refractivity contribution in [1.82, 2.24) is 5.32 Å². The van der Waals surface area contributed by atoms with Crippen LogP contribution in [0.15, 0.2) is 0 Å². The van der Waals surface area contributed by atoms with E-state index >= 15 is 0 Å². The molecule has 1 aliphatic carbocycles. The van der Waals surface area contributed by atoms with Gasteiger partial charge in [0.2, 0.25) is 5.91 Å². The molecule has 1 rings (SSSR count). The molecule has 1 saturated carbocycles. The molecule has 1 amide bonds. The van der Waals surface area contributed by atoms with Crippen LogP contribution in [0.2, 0.25) is 0 Å². The number of hydrogen-bond acceptors (Lipinski definition) is 3. The molecule has 0 aliphatic heterocycles. The highest BCUT2D eigenvalue weighted by Gasteiger charge is 2.34. The van der Waals surface area contributed by atoms with Gasteiger partial charge < -0.3 is 16.2 Å². The van der Waals surface area contributed by atoms with Gasteiger partial charge in [0.25, 0.3) is 0 Å². The Kier molecular flexibility index (Phi) is 4.93. The van der Waals surface area contributed by atoms with Crippen LogP contribution < -0.4 is 11.1 Å². The second-order valence-electron chi connectivity index (χ2n) is 5.14. The van der Waals surface area contributed by atoms with E-state index in [4.69, 9.17) is 10.8 Å². The predicted octanol–water partition coefficient (Wildman–Crippen LogP) is 0.875. The number of carboxylic acids is 1. The molecule has 1 atom stereocenters. The fourth-order valence-corrected chi connectivity index (χ4v) is 2.47. The molecule has 0 aromatic carbocycles. The first-order valence-electron chi connectivity index (χ1n) is 6.20. The number of nitrogens with one attached hydrogen (secondary N) is 1. The Morgan fingerprint density at radius 3 is 2.41 bits per heavy atom. The monoisotopic (exact) mass is 242 g/mol. The van der Waals surface area contributed by atoms with Crippen LogP contribution in [0.1, 0.15) is 45.4 Å². The zero-order valence-corrected chi connectivity index (χ0v) is 10.4. The van der Waals surface area contributed by atoms with Gasteiger partial charge in [0, 0.05) is 6.54 Å². The van der Waals surface area contributed by atoms with Gasteiger partial charge in [-0.1, -0.05) is 19.3 Å². The van der Waals surface area contributed by atoms with Crippen LogP contribution in [0.25, 0.3) is 0 Å². The average molecular weight is 242 g/mol. The Balaban J connectivity index is 2.57. The summed E-state index contributed by atoms with van der Waals surface area (Å²) in [5.41, 5.74) is 5.20. The van der Waals surface area contributed by atoms with E-state index in [0.29, 0.717) is 6.54 Å². The number of hydrogen-bond donors (Lipinski definition) is 3. The van der Waals surface area contributed by atoms with Crippen LogP contribution in [-0.4, -0.2) is 29.6 Å². The molecule has 0 bridgehead atoms. The first-order chi connectivity index (χ1) is 7.95. The van der Waals surface area contributed by atoms with Gasteiger partial charge in [0.05, 0.1) is 12.5 Å². The summed E-state index contributed by atoms with van der Waals surface area (Å²) in [6.45, 7) is 2.06. The van der Waals surface area contributed by atoms with Crippen molar-refractivity contribution >= 4 is 11.9 Å². The zero-order valence-electron chi connectivity index (χ0n) is 10.4. The number of carbonyl (C=O) groups excluding carboxylic acids is 1. The van der Waals surface area contributed by atoms with Crippen molar-refractivity contribution in [1.29, 1.82) is 0 Å². The quantitative estimate of drug-likeness (QED) is 0.667. The summed E-state index contributed by atoms with van der Waals surface area (Å²) in [5.74, 6) is -0.998. The predicted molar refractivity (Wildman–Crippen MR) is 64.4 cm³/mol. The molecule has 0 aromatic heterocycles. The summed E-state index contributed by atoms with van der Waals surface area (Å²) in [7, 11) is 0. The van der Waals surface area contributed by atoms with Gasteiger partial charge in [-0.05, 0) is 25.2 Å². The maximum Gasteiger partial charge on any atom is 0.303 e. The minimum atomic E-state index is -0.790. The minimum absolute atomic E-state index is 0.131. The SMILES string of the molecule is C[C@H](N)C(=O)NCC1(CC(=O)O)CCCCC1. The van der Waals surface area contributed by atoms with E-state index in [0.717, 1.165) is 32.1 Å². The average Bonchev–Trinajstić information content (AvgIpc) is 2.26. The van der Waals surface area contributed by atoms with Gasteiger partial charge in [-0.25, -0.2) is 0 Å². The summed E-state index contributed by atoms with van der Waals surface area (Å²) in [5, 5.41) is 11.7. The van der Waals surface area contributed by atoms with Crippen LogP contribution >= 0.6 is 0 Å². The van der Waals surface area contributed by atoms with Crippen molar-refractivity contribution in [2.45, 2.75) is 51.5 Å². The van der Waals surface area contributed by atoms with Crippen molar-refractivity contribution in [3.05, 3.63) is 0 Å². The second-order valence-corrected chi connectivity index (χ2v) is 5.14. The van der Waals surface area contributed by atoms with Crippen molar-refractivity contribution in [2.24, 2.45) is 11.1 Å². The molecule has 4 N–H and O–H groups in total. The standard InChI is InChI=1S/C12H22N2O3/c1-9(13)11(17)14-8-12(7-10(15)16)5-3-2-4-6-12/h9H,2-8,13H2,1H3,(H,14,17)(H,15,16)/t9-/m0/s1. The molecule has 17 heavy (non-hydrogen) atoms. The third-order valence-electron chi connectivity index (χ3n) is 3.49. The van der Waals surface area contributed by atoms with E-state index in [1.165, 1.54) is 0 Å². The van der Waals surface area contributed by atoms with E-state index < -0.39 is 12.0 Å². The maximum absolute atomic E-state index is 11.4. The van der Waals surface area contributed by atoms with Crippen LogP contribution in [0, 0.1) is 5.41 Å². The minimum Gasteiger partial charge on any atom is -0.481 e. The highest BCUT2D eigenvalue weighted by Crippen LogP contribution is 2.38. The first kappa shape index (κ1) is 14.0. The molecule has 0 saturated heterocycles. The molecule has 0 unspecified atom stereocenters. The van der Waals surface area contributed by atoms with Gasteiger partial charge in [-0.3, -0.25) is 9.59 Å². The van der Waals surface area contributed by atoms with Crippen LogP contribution in [0.3, 0.4) is 0 Å². The normalized spacial score (nSPS) is 20.6. The second kappa shape index (κ2) is 6.00. The van der Waals surface area contributed by atoms with Crippen molar-refractivity contribution in [3.63, 3.8) is 0 Å². The van der Waals surface area contributed by atoms with Gasteiger partial charge in [-0.2, -0.15) is 0 Å². The van der Waals surface area contributed by atoms with Crippen LogP contribution in [-0.2, 0) is 9.59 Å². The van der Waals surface area contributed by atoms with Gasteiger partial charge in [0.1, 0.15) is 0 Å². The van der Waals surface area contributed by atoms with Crippen LogP contribution in [0.4, 0.5) is 0 Å². The Labute approximate surface area is 102 Å². The van der Waals surface area contributed by atoms with E-state index in [9.17, 15) is 9.59 Å². The van der Waals surface area contributed by atoms with Crippen molar-refractivity contribution in [2.75, 3.05) is 6.54 Å². The number of rotatable bonds is 5. The summed E-state index contributed by atoms with van der Waals surface area (Å²) >= 11 is 0. The molecular weight excluding hydrogens is 220 g/mol. The Bertz CT molecular complexity index is 283. The van der Waals surface area contributed by atoms with E-state index in [-0.39, 0.29) is 17.7 Å². The molecule has 5 nitrogen and oxygen atoms in total. The molecule has 0 heterocycles. The lowest BCUT2D eigenvalue weighted by atomic mass is 9.71.